The number of aromatic nitrogens is 1. The van der Waals surface area contributed by atoms with E-state index in [1.165, 1.54) is 44.3 Å². The number of piperazine rings is 1. The predicted octanol–water partition coefficient (Wildman–Crippen LogP) is 2.61. The molecule has 1 N–H and O–H groups in total. The Morgan fingerprint density at radius 2 is 2.00 bits per heavy atom. The number of nitrogens with zero attached hydrogens (tertiary/aromatic N) is 2. The first-order chi connectivity index (χ1) is 9.34. The molecule has 3 nitrogen and oxygen atoms in total. The SMILES string of the molecule is CC1CN(C(c2ccncc2)C2CCCC2)CCN1. The predicted molar refractivity (Wildman–Crippen MR) is 78.0 cm³/mol. The van der Waals surface area contributed by atoms with Gasteiger partial charge in [0.2, 0.25) is 0 Å². The molecule has 0 amide bonds. The summed E-state index contributed by atoms with van der Waals surface area (Å²) in [5, 5.41) is 3.55. The Hall–Kier alpha value is -0.930. The van der Waals surface area contributed by atoms with E-state index in [-0.39, 0.29) is 0 Å². The van der Waals surface area contributed by atoms with Crippen LogP contribution in [0.4, 0.5) is 0 Å². The lowest BCUT2D eigenvalue weighted by molar-refractivity contribution is 0.107. The van der Waals surface area contributed by atoms with Gasteiger partial charge in [-0.1, -0.05) is 12.8 Å². The van der Waals surface area contributed by atoms with E-state index >= 15 is 0 Å². The topological polar surface area (TPSA) is 28.2 Å². The molecule has 2 atom stereocenters. The lowest BCUT2D eigenvalue weighted by Gasteiger charge is -2.41. The molecule has 3 rings (SSSR count). The van der Waals surface area contributed by atoms with Crippen LogP contribution < -0.4 is 5.32 Å². The highest BCUT2D eigenvalue weighted by Gasteiger charge is 2.32. The summed E-state index contributed by atoms with van der Waals surface area (Å²) < 4.78 is 0. The van der Waals surface area contributed by atoms with Crippen molar-refractivity contribution in [1.82, 2.24) is 15.2 Å². The maximum atomic E-state index is 4.18. The first-order valence-electron chi connectivity index (χ1n) is 7.72. The fourth-order valence-electron chi connectivity index (χ4n) is 3.83. The highest BCUT2D eigenvalue weighted by Crippen LogP contribution is 2.39. The first kappa shape index (κ1) is 13.1. The van der Waals surface area contributed by atoms with Crippen LogP contribution in [0.1, 0.15) is 44.2 Å². The van der Waals surface area contributed by atoms with Gasteiger partial charge in [0.25, 0.3) is 0 Å². The number of rotatable bonds is 3. The molecule has 19 heavy (non-hydrogen) atoms. The maximum Gasteiger partial charge on any atom is 0.0378 e. The van der Waals surface area contributed by atoms with Crippen molar-refractivity contribution in [2.24, 2.45) is 5.92 Å². The standard InChI is InChI=1S/C16H25N3/c1-13-12-19(11-10-18-13)16(14-4-2-3-5-14)15-6-8-17-9-7-15/h6-9,13-14,16,18H,2-5,10-12H2,1H3. The summed E-state index contributed by atoms with van der Waals surface area (Å²) in [6.07, 6.45) is 9.50. The zero-order chi connectivity index (χ0) is 13.1. The Balaban J connectivity index is 1.83. The van der Waals surface area contributed by atoms with Crippen molar-refractivity contribution in [3.63, 3.8) is 0 Å². The van der Waals surface area contributed by atoms with E-state index in [9.17, 15) is 0 Å². The van der Waals surface area contributed by atoms with Gasteiger partial charge in [-0.25, -0.2) is 0 Å². The molecule has 1 aromatic rings. The Labute approximate surface area is 116 Å². The summed E-state index contributed by atoms with van der Waals surface area (Å²) in [4.78, 5) is 6.88. The van der Waals surface area contributed by atoms with Crippen molar-refractivity contribution in [3.05, 3.63) is 30.1 Å². The molecule has 3 heteroatoms. The van der Waals surface area contributed by atoms with Crippen molar-refractivity contribution in [3.8, 4) is 0 Å². The lowest BCUT2D eigenvalue weighted by atomic mass is 9.90. The van der Waals surface area contributed by atoms with Gasteiger partial charge in [-0.3, -0.25) is 9.88 Å². The van der Waals surface area contributed by atoms with Crippen molar-refractivity contribution in [2.75, 3.05) is 19.6 Å². The Morgan fingerprint density at radius 1 is 1.26 bits per heavy atom. The molecule has 2 aliphatic rings. The van der Waals surface area contributed by atoms with Crippen LogP contribution >= 0.6 is 0 Å². The third-order valence-electron chi connectivity index (χ3n) is 4.69. The highest BCUT2D eigenvalue weighted by atomic mass is 15.2. The maximum absolute atomic E-state index is 4.18. The lowest BCUT2D eigenvalue weighted by Crippen LogP contribution is -2.51. The summed E-state index contributed by atoms with van der Waals surface area (Å²) in [6, 6.07) is 5.65. The second-order valence-corrected chi connectivity index (χ2v) is 6.12. The molecule has 0 bridgehead atoms. The molecule has 104 valence electrons. The van der Waals surface area contributed by atoms with Crippen LogP contribution in [-0.4, -0.2) is 35.6 Å². The zero-order valence-electron chi connectivity index (χ0n) is 11.9. The number of nitrogens with one attached hydrogen (secondary N) is 1. The number of hydrogen-bond donors (Lipinski definition) is 1. The van der Waals surface area contributed by atoms with E-state index in [0.29, 0.717) is 12.1 Å². The molecule has 1 aromatic heterocycles. The van der Waals surface area contributed by atoms with E-state index in [4.69, 9.17) is 0 Å². The van der Waals surface area contributed by atoms with Crippen molar-refractivity contribution >= 4 is 0 Å². The molecule has 2 fully saturated rings. The second-order valence-electron chi connectivity index (χ2n) is 6.12. The van der Waals surface area contributed by atoms with Crippen molar-refractivity contribution in [2.45, 2.75) is 44.7 Å². The third kappa shape index (κ3) is 2.98. The van der Waals surface area contributed by atoms with E-state index in [2.05, 4.69) is 34.3 Å². The smallest absolute Gasteiger partial charge is 0.0378 e. The zero-order valence-corrected chi connectivity index (χ0v) is 11.9. The number of pyridine rings is 1. The van der Waals surface area contributed by atoms with Crippen LogP contribution in [0.15, 0.2) is 24.5 Å². The van der Waals surface area contributed by atoms with Crippen LogP contribution in [0.2, 0.25) is 0 Å². The van der Waals surface area contributed by atoms with Crippen LogP contribution in [0, 0.1) is 5.92 Å². The van der Waals surface area contributed by atoms with Gasteiger partial charge in [-0.2, -0.15) is 0 Å². The van der Waals surface area contributed by atoms with Gasteiger partial charge in [-0.15, -0.1) is 0 Å². The summed E-state index contributed by atoms with van der Waals surface area (Å²) >= 11 is 0. The molecule has 1 saturated carbocycles. The summed E-state index contributed by atoms with van der Waals surface area (Å²) in [5.74, 6) is 0.840. The normalized spacial score (nSPS) is 27.5. The van der Waals surface area contributed by atoms with Crippen LogP contribution in [-0.2, 0) is 0 Å². The molecule has 1 aliphatic carbocycles. The minimum atomic E-state index is 0.607. The molecular weight excluding hydrogens is 234 g/mol. The second kappa shape index (κ2) is 6.02. The van der Waals surface area contributed by atoms with Gasteiger partial charge in [0, 0.05) is 44.1 Å². The summed E-state index contributed by atoms with van der Waals surface area (Å²) in [7, 11) is 0. The Bertz CT molecular complexity index is 386. The molecule has 2 unspecified atom stereocenters. The van der Waals surface area contributed by atoms with Crippen LogP contribution in [0.5, 0.6) is 0 Å². The van der Waals surface area contributed by atoms with Gasteiger partial charge < -0.3 is 5.32 Å². The largest absolute Gasteiger partial charge is 0.312 e. The average Bonchev–Trinajstić information content (AvgIpc) is 2.94. The summed E-state index contributed by atoms with van der Waals surface area (Å²) in [5.41, 5.74) is 1.47. The van der Waals surface area contributed by atoms with E-state index in [1.807, 2.05) is 12.4 Å². The van der Waals surface area contributed by atoms with Crippen LogP contribution in [0.25, 0.3) is 0 Å². The van der Waals surface area contributed by atoms with Gasteiger partial charge in [0.05, 0.1) is 0 Å². The molecule has 1 saturated heterocycles. The Kier molecular flexibility index (Phi) is 4.14. The highest BCUT2D eigenvalue weighted by molar-refractivity contribution is 5.17. The molecule has 0 aromatic carbocycles. The van der Waals surface area contributed by atoms with Crippen LogP contribution in [0.3, 0.4) is 0 Å². The Morgan fingerprint density at radius 3 is 2.68 bits per heavy atom. The fraction of sp³-hybridized carbons (Fsp3) is 0.688. The molecular formula is C16H25N3. The molecule has 1 aliphatic heterocycles. The summed E-state index contributed by atoms with van der Waals surface area (Å²) in [6.45, 7) is 5.76. The van der Waals surface area contributed by atoms with Gasteiger partial charge >= 0.3 is 0 Å². The fourth-order valence-corrected chi connectivity index (χ4v) is 3.83. The van der Waals surface area contributed by atoms with Gasteiger partial charge in [0.1, 0.15) is 0 Å². The first-order valence-corrected chi connectivity index (χ1v) is 7.72. The van der Waals surface area contributed by atoms with E-state index < -0.39 is 0 Å². The van der Waals surface area contributed by atoms with Gasteiger partial charge in [-0.05, 0) is 43.4 Å². The molecule has 0 spiro atoms. The quantitative estimate of drug-likeness (QED) is 0.904. The average molecular weight is 259 g/mol. The van der Waals surface area contributed by atoms with Crippen molar-refractivity contribution in [1.29, 1.82) is 0 Å². The minimum Gasteiger partial charge on any atom is -0.312 e. The van der Waals surface area contributed by atoms with Crippen molar-refractivity contribution < 1.29 is 0 Å². The van der Waals surface area contributed by atoms with E-state index in [1.54, 1.807) is 0 Å². The van der Waals surface area contributed by atoms with E-state index in [0.717, 1.165) is 12.5 Å². The molecule has 2 heterocycles. The van der Waals surface area contributed by atoms with Gasteiger partial charge in [0.15, 0.2) is 0 Å². The monoisotopic (exact) mass is 259 g/mol. The number of hydrogen-bond acceptors (Lipinski definition) is 3. The third-order valence-corrected chi connectivity index (χ3v) is 4.69. The minimum absolute atomic E-state index is 0.607. The molecule has 0 radical (unpaired) electrons.